The van der Waals surface area contributed by atoms with Crippen LogP contribution in [0, 0.1) is 11.9 Å². The number of hydrogen-bond donors (Lipinski definition) is 0. The molecule has 0 unspecified atom stereocenters. The average molecular weight is 172 g/mol. The van der Waals surface area contributed by atoms with Gasteiger partial charge in [-0.25, -0.2) is 4.39 Å². The Kier molecular flexibility index (Phi) is 2.04. The molecule has 0 aliphatic heterocycles. The summed E-state index contributed by atoms with van der Waals surface area (Å²) in [5.41, 5.74) is 1.55. The van der Waals surface area contributed by atoms with Crippen LogP contribution in [0.1, 0.15) is 0 Å². The van der Waals surface area contributed by atoms with Crippen molar-refractivity contribution in [3.05, 3.63) is 54.5 Å². The quantitative estimate of drug-likeness (QED) is 0.644. The molecular formula is C11H7FN. The van der Waals surface area contributed by atoms with Crippen molar-refractivity contribution in [2.24, 2.45) is 0 Å². The van der Waals surface area contributed by atoms with Crippen molar-refractivity contribution in [1.29, 1.82) is 0 Å². The lowest BCUT2D eigenvalue weighted by Gasteiger charge is -1.98. The molecular weight excluding hydrogens is 165 g/mol. The normalized spacial score (nSPS) is 9.92. The summed E-state index contributed by atoms with van der Waals surface area (Å²) in [6.45, 7) is 0. The van der Waals surface area contributed by atoms with Crippen LogP contribution in [0.15, 0.2) is 42.6 Å². The fourth-order valence-electron chi connectivity index (χ4n) is 1.14. The van der Waals surface area contributed by atoms with E-state index in [4.69, 9.17) is 0 Å². The fourth-order valence-corrected chi connectivity index (χ4v) is 1.14. The van der Waals surface area contributed by atoms with Crippen LogP contribution in [0.3, 0.4) is 0 Å². The zero-order chi connectivity index (χ0) is 9.10. The van der Waals surface area contributed by atoms with Crippen LogP contribution in [0.2, 0.25) is 0 Å². The maximum Gasteiger partial charge on any atom is 0.123 e. The highest BCUT2D eigenvalue weighted by molar-refractivity contribution is 5.58. The van der Waals surface area contributed by atoms with Crippen molar-refractivity contribution >= 4 is 0 Å². The maximum absolute atomic E-state index is 12.8. The van der Waals surface area contributed by atoms with Gasteiger partial charge < -0.3 is 0 Å². The molecule has 0 fully saturated rings. The predicted molar refractivity (Wildman–Crippen MR) is 48.5 cm³/mol. The van der Waals surface area contributed by atoms with Gasteiger partial charge in [0.2, 0.25) is 0 Å². The Bertz CT molecular complexity index is 398. The van der Waals surface area contributed by atoms with Gasteiger partial charge in [-0.2, -0.15) is 0 Å². The molecule has 2 heteroatoms. The van der Waals surface area contributed by atoms with E-state index in [0.29, 0.717) is 0 Å². The number of halogens is 1. The molecule has 0 aliphatic rings. The molecule has 0 saturated heterocycles. The van der Waals surface area contributed by atoms with Gasteiger partial charge in [0.1, 0.15) is 5.82 Å². The zero-order valence-corrected chi connectivity index (χ0v) is 6.87. The molecule has 1 nitrogen and oxygen atoms in total. The van der Waals surface area contributed by atoms with Crippen LogP contribution >= 0.6 is 0 Å². The summed E-state index contributed by atoms with van der Waals surface area (Å²) in [5.74, 6) is -0.243. The topological polar surface area (TPSA) is 12.9 Å². The second kappa shape index (κ2) is 3.35. The molecule has 0 atom stereocenters. The minimum atomic E-state index is -0.243. The van der Waals surface area contributed by atoms with Crippen molar-refractivity contribution in [2.45, 2.75) is 0 Å². The van der Waals surface area contributed by atoms with Crippen LogP contribution in [-0.2, 0) is 0 Å². The molecule has 0 amide bonds. The second-order valence-corrected chi connectivity index (χ2v) is 2.65. The van der Waals surface area contributed by atoms with Crippen LogP contribution in [0.5, 0.6) is 0 Å². The number of nitrogens with zero attached hydrogens (tertiary/aromatic N) is 1. The first-order valence-corrected chi connectivity index (χ1v) is 3.94. The monoisotopic (exact) mass is 172 g/mol. The van der Waals surface area contributed by atoms with E-state index in [1.54, 1.807) is 24.4 Å². The molecule has 1 aromatic heterocycles. The zero-order valence-electron chi connectivity index (χ0n) is 6.87. The largest absolute Gasteiger partial charge is 0.256 e. The van der Waals surface area contributed by atoms with E-state index in [2.05, 4.69) is 11.1 Å². The lowest BCUT2D eigenvalue weighted by molar-refractivity contribution is 0.628. The number of aromatic nitrogens is 1. The molecule has 1 radical (unpaired) electrons. The van der Waals surface area contributed by atoms with E-state index in [1.807, 2.05) is 6.07 Å². The summed E-state index contributed by atoms with van der Waals surface area (Å²) >= 11 is 0. The molecule has 1 aromatic carbocycles. The number of hydrogen-bond acceptors (Lipinski definition) is 1. The third-order valence-electron chi connectivity index (χ3n) is 1.74. The summed E-state index contributed by atoms with van der Waals surface area (Å²) in [5, 5.41) is 0. The molecule has 63 valence electrons. The van der Waals surface area contributed by atoms with Crippen molar-refractivity contribution in [2.75, 3.05) is 0 Å². The van der Waals surface area contributed by atoms with Gasteiger partial charge in [-0.3, -0.25) is 4.98 Å². The summed E-state index contributed by atoms with van der Waals surface area (Å²) in [7, 11) is 0. The van der Waals surface area contributed by atoms with Crippen molar-refractivity contribution in [1.82, 2.24) is 4.98 Å². The molecule has 2 aromatic rings. The van der Waals surface area contributed by atoms with E-state index >= 15 is 0 Å². The van der Waals surface area contributed by atoms with E-state index in [9.17, 15) is 4.39 Å². The Morgan fingerprint density at radius 1 is 1.23 bits per heavy atom. The molecule has 13 heavy (non-hydrogen) atoms. The van der Waals surface area contributed by atoms with Crippen LogP contribution in [0.25, 0.3) is 11.3 Å². The molecule has 0 N–H and O–H groups in total. The third-order valence-corrected chi connectivity index (χ3v) is 1.74. The predicted octanol–water partition coefficient (Wildman–Crippen LogP) is 2.69. The van der Waals surface area contributed by atoms with Gasteiger partial charge in [0.05, 0.1) is 5.69 Å². The Labute approximate surface area is 75.9 Å². The Balaban J connectivity index is 2.48. The van der Waals surface area contributed by atoms with Crippen LogP contribution in [-0.4, -0.2) is 4.98 Å². The first kappa shape index (κ1) is 7.92. The van der Waals surface area contributed by atoms with Gasteiger partial charge >= 0.3 is 0 Å². The molecule has 1 heterocycles. The van der Waals surface area contributed by atoms with Crippen molar-refractivity contribution in [3.63, 3.8) is 0 Å². The molecule has 0 aliphatic carbocycles. The summed E-state index contributed by atoms with van der Waals surface area (Å²) in [6, 6.07) is 12.7. The average Bonchev–Trinajstić information content (AvgIpc) is 2.19. The summed E-state index contributed by atoms with van der Waals surface area (Å²) < 4.78 is 12.8. The van der Waals surface area contributed by atoms with Crippen LogP contribution < -0.4 is 0 Å². The van der Waals surface area contributed by atoms with Gasteiger partial charge in [-0.05, 0) is 18.2 Å². The first-order valence-electron chi connectivity index (χ1n) is 3.94. The molecule has 0 saturated carbocycles. The van der Waals surface area contributed by atoms with E-state index in [1.165, 1.54) is 12.1 Å². The summed E-state index contributed by atoms with van der Waals surface area (Å²) in [4.78, 5) is 4.07. The number of pyridine rings is 1. The Morgan fingerprint density at radius 3 is 2.85 bits per heavy atom. The van der Waals surface area contributed by atoms with Gasteiger partial charge in [0, 0.05) is 17.8 Å². The van der Waals surface area contributed by atoms with Crippen molar-refractivity contribution < 1.29 is 4.39 Å². The standard InChI is InChI=1S/C11H7FN/c12-10-5-3-4-9(8-10)11-6-1-2-7-13-11/h1,3-8H. The SMILES string of the molecule is Fc1cccc(-c2cc[c]cn2)c1. The van der Waals surface area contributed by atoms with Crippen molar-refractivity contribution in [3.8, 4) is 11.3 Å². The highest BCUT2D eigenvalue weighted by Gasteiger charge is 1.98. The number of benzene rings is 1. The molecule has 2 rings (SSSR count). The Hall–Kier alpha value is -1.70. The van der Waals surface area contributed by atoms with E-state index < -0.39 is 0 Å². The molecule has 0 spiro atoms. The molecule has 0 bridgehead atoms. The fraction of sp³-hybridized carbons (Fsp3) is 0. The summed E-state index contributed by atoms with van der Waals surface area (Å²) in [6.07, 6.45) is 1.57. The second-order valence-electron chi connectivity index (χ2n) is 2.65. The third kappa shape index (κ3) is 1.72. The first-order chi connectivity index (χ1) is 6.36. The van der Waals surface area contributed by atoms with Gasteiger partial charge in [-0.15, -0.1) is 0 Å². The van der Waals surface area contributed by atoms with E-state index in [-0.39, 0.29) is 5.82 Å². The lowest BCUT2D eigenvalue weighted by atomic mass is 10.1. The van der Waals surface area contributed by atoms with Crippen LogP contribution in [0.4, 0.5) is 4.39 Å². The van der Waals surface area contributed by atoms with E-state index in [0.717, 1.165) is 11.3 Å². The highest BCUT2D eigenvalue weighted by Crippen LogP contribution is 2.16. The highest BCUT2D eigenvalue weighted by atomic mass is 19.1. The minimum absolute atomic E-state index is 0.243. The number of rotatable bonds is 1. The minimum Gasteiger partial charge on any atom is -0.256 e. The Morgan fingerprint density at radius 2 is 2.15 bits per heavy atom. The maximum atomic E-state index is 12.8. The lowest BCUT2D eigenvalue weighted by Crippen LogP contribution is -1.82. The van der Waals surface area contributed by atoms with Gasteiger partial charge in [0.25, 0.3) is 0 Å². The van der Waals surface area contributed by atoms with Gasteiger partial charge in [-0.1, -0.05) is 18.2 Å². The smallest absolute Gasteiger partial charge is 0.123 e. The van der Waals surface area contributed by atoms with Gasteiger partial charge in [0.15, 0.2) is 0 Å².